The number of carbonyl (C=O) groups is 3. The molecule has 1 heterocycles. The van der Waals surface area contributed by atoms with E-state index in [9.17, 15) is 29.7 Å². The summed E-state index contributed by atoms with van der Waals surface area (Å²) < 4.78 is 16.7. The maximum absolute atomic E-state index is 12.8. The first-order valence-electron chi connectivity index (χ1n) is 15.2. The van der Waals surface area contributed by atoms with Crippen molar-refractivity contribution >= 4 is 17.9 Å². The summed E-state index contributed by atoms with van der Waals surface area (Å²) in [6.45, 7) is 18.6. The summed E-state index contributed by atoms with van der Waals surface area (Å²) in [5.74, 6) is -1.14. The van der Waals surface area contributed by atoms with E-state index in [1.807, 2.05) is 40.4 Å². The molecule has 0 spiro atoms. The van der Waals surface area contributed by atoms with Gasteiger partial charge in [-0.3, -0.25) is 34.0 Å². The Morgan fingerprint density at radius 2 is 0.837 bits per heavy atom. The Morgan fingerprint density at radius 1 is 0.558 bits per heavy atom. The van der Waals surface area contributed by atoms with Gasteiger partial charge in [-0.25, -0.2) is 0 Å². The van der Waals surface area contributed by atoms with Crippen molar-refractivity contribution in [3.8, 4) is 0 Å². The highest BCUT2D eigenvalue weighted by atomic mass is 16.6. The van der Waals surface area contributed by atoms with Crippen LogP contribution in [-0.4, -0.2) is 167 Å². The summed E-state index contributed by atoms with van der Waals surface area (Å²) in [6.07, 6.45) is -1.18. The summed E-state index contributed by atoms with van der Waals surface area (Å²) in [4.78, 5) is 45.9. The minimum absolute atomic E-state index is 0.0164. The summed E-state index contributed by atoms with van der Waals surface area (Å²) >= 11 is 0. The van der Waals surface area contributed by atoms with Gasteiger partial charge in [0.05, 0.1) is 45.0 Å². The van der Waals surface area contributed by atoms with E-state index in [4.69, 9.17) is 14.2 Å². The predicted octanol–water partition coefficient (Wildman–Crippen LogP) is -0.0528. The molecule has 0 radical (unpaired) electrons. The van der Waals surface area contributed by atoms with Crippen LogP contribution in [0, 0.1) is 0 Å². The third kappa shape index (κ3) is 17.9. The Balaban J connectivity index is 3.28. The fourth-order valence-electron chi connectivity index (χ4n) is 4.63. The second-order valence-corrected chi connectivity index (χ2v) is 14.1. The van der Waals surface area contributed by atoms with Gasteiger partial charge >= 0.3 is 17.9 Å². The molecule has 0 aromatic heterocycles. The lowest BCUT2D eigenvalue weighted by Crippen LogP contribution is -2.54. The Kier molecular flexibility index (Phi) is 16.0. The van der Waals surface area contributed by atoms with Gasteiger partial charge < -0.3 is 29.5 Å². The Hall–Kier alpha value is -1.87. The maximum Gasteiger partial charge on any atom is 0.320 e. The lowest BCUT2D eigenvalue weighted by atomic mass is 10.1. The van der Waals surface area contributed by atoms with Gasteiger partial charge in [-0.05, 0) is 62.3 Å². The SMILES string of the molecule is CC(C)(C)OC(=O)CN1CCN(CC(=O)OC(C)(C)C)CCN([C@H](CO)[C@H](O)CO)CCN(CC(=O)OC(C)(C)C)CC1. The van der Waals surface area contributed by atoms with Gasteiger partial charge in [0.15, 0.2) is 0 Å². The molecule has 13 nitrogen and oxygen atoms in total. The van der Waals surface area contributed by atoms with Crippen LogP contribution in [0.5, 0.6) is 0 Å². The predicted molar refractivity (Wildman–Crippen MR) is 162 cm³/mol. The summed E-state index contributed by atoms with van der Waals surface area (Å²) in [7, 11) is 0. The van der Waals surface area contributed by atoms with Crippen molar-refractivity contribution in [2.45, 2.75) is 91.3 Å². The zero-order chi connectivity index (χ0) is 33.0. The van der Waals surface area contributed by atoms with Gasteiger partial charge in [-0.2, -0.15) is 0 Å². The van der Waals surface area contributed by atoms with Crippen molar-refractivity contribution in [1.82, 2.24) is 19.6 Å². The molecule has 1 aliphatic rings. The van der Waals surface area contributed by atoms with Crippen molar-refractivity contribution in [3.05, 3.63) is 0 Å². The van der Waals surface area contributed by atoms with Crippen molar-refractivity contribution in [1.29, 1.82) is 0 Å². The Morgan fingerprint density at radius 3 is 1.07 bits per heavy atom. The van der Waals surface area contributed by atoms with Crippen LogP contribution in [0.1, 0.15) is 62.3 Å². The van der Waals surface area contributed by atoms with E-state index < -0.39 is 35.6 Å². The molecular formula is C30H58N4O9. The average Bonchev–Trinajstić information content (AvgIpc) is 2.81. The van der Waals surface area contributed by atoms with E-state index in [2.05, 4.69) is 0 Å². The summed E-state index contributed by atoms with van der Waals surface area (Å²) in [5, 5.41) is 30.2. The minimum Gasteiger partial charge on any atom is -0.459 e. The van der Waals surface area contributed by atoms with Gasteiger partial charge in [0, 0.05) is 52.4 Å². The smallest absolute Gasteiger partial charge is 0.320 e. The van der Waals surface area contributed by atoms with Gasteiger partial charge in [0.1, 0.15) is 16.8 Å². The molecule has 1 fully saturated rings. The monoisotopic (exact) mass is 618 g/mol. The number of nitrogens with zero attached hydrogens (tertiary/aromatic N) is 4. The van der Waals surface area contributed by atoms with Crippen LogP contribution < -0.4 is 0 Å². The highest BCUT2D eigenvalue weighted by Crippen LogP contribution is 2.13. The zero-order valence-corrected chi connectivity index (χ0v) is 27.9. The minimum atomic E-state index is -1.18. The first-order valence-corrected chi connectivity index (χ1v) is 15.2. The van der Waals surface area contributed by atoms with E-state index in [-0.39, 0.29) is 44.1 Å². The van der Waals surface area contributed by atoms with Crippen LogP contribution in [0.15, 0.2) is 0 Å². The molecule has 13 heteroatoms. The molecule has 0 saturated carbocycles. The zero-order valence-electron chi connectivity index (χ0n) is 27.9. The van der Waals surface area contributed by atoms with Gasteiger partial charge in [0.25, 0.3) is 0 Å². The Bertz CT molecular complexity index is 821. The van der Waals surface area contributed by atoms with E-state index in [1.165, 1.54) is 0 Å². The van der Waals surface area contributed by atoms with Crippen LogP contribution in [0.4, 0.5) is 0 Å². The van der Waals surface area contributed by atoms with Crippen LogP contribution in [0.2, 0.25) is 0 Å². The number of aliphatic hydroxyl groups excluding tert-OH is 3. The van der Waals surface area contributed by atoms with Crippen LogP contribution in [0.3, 0.4) is 0 Å². The van der Waals surface area contributed by atoms with Gasteiger partial charge in [0.2, 0.25) is 0 Å². The molecule has 1 aliphatic heterocycles. The number of aliphatic hydroxyl groups is 3. The molecule has 252 valence electrons. The topological polar surface area (TPSA) is 153 Å². The van der Waals surface area contributed by atoms with E-state index in [1.54, 1.807) is 41.5 Å². The third-order valence-electron chi connectivity index (χ3n) is 6.48. The fraction of sp³-hybridized carbons (Fsp3) is 0.900. The molecular weight excluding hydrogens is 560 g/mol. The van der Waals surface area contributed by atoms with E-state index in [0.717, 1.165) is 0 Å². The van der Waals surface area contributed by atoms with Crippen molar-refractivity contribution in [2.24, 2.45) is 0 Å². The molecule has 0 unspecified atom stereocenters. The number of rotatable bonds is 10. The average molecular weight is 619 g/mol. The second kappa shape index (κ2) is 17.6. The van der Waals surface area contributed by atoms with Gasteiger partial charge in [-0.1, -0.05) is 0 Å². The fourth-order valence-corrected chi connectivity index (χ4v) is 4.63. The first kappa shape index (κ1) is 39.2. The number of esters is 3. The van der Waals surface area contributed by atoms with Crippen molar-refractivity contribution in [2.75, 3.05) is 85.2 Å². The number of carbonyl (C=O) groups excluding carboxylic acids is 3. The molecule has 0 aromatic carbocycles. The molecule has 0 aromatic rings. The third-order valence-corrected chi connectivity index (χ3v) is 6.48. The molecule has 1 saturated heterocycles. The second-order valence-electron chi connectivity index (χ2n) is 14.1. The van der Waals surface area contributed by atoms with Crippen LogP contribution in [0.25, 0.3) is 0 Å². The van der Waals surface area contributed by atoms with E-state index >= 15 is 0 Å². The molecule has 0 bridgehead atoms. The van der Waals surface area contributed by atoms with Crippen molar-refractivity contribution in [3.63, 3.8) is 0 Å². The molecule has 3 N–H and O–H groups in total. The van der Waals surface area contributed by atoms with Crippen molar-refractivity contribution < 1.29 is 43.9 Å². The highest BCUT2D eigenvalue weighted by Gasteiger charge is 2.29. The lowest BCUT2D eigenvalue weighted by molar-refractivity contribution is -0.158. The molecule has 2 atom stereocenters. The summed E-state index contributed by atoms with van der Waals surface area (Å²) in [6, 6.07) is -0.747. The normalized spacial score (nSPS) is 19.5. The Labute approximate surface area is 258 Å². The highest BCUT2D eigenvalue weighted by molar-refractivity contribution is 5.73. The molecule has 0 aliphatic carbocycles. The largest absolute Gasteiger partial charge is 0.459 e. The summed E-state index contributed by atoms with van der Waals surface area (Å²) in [5.41, 5.74) is -1.94. The lowest BCUT2D eigenvalue weighted by Gasteiger charge is -2.38. The first-order chi connectivity index (χ1) is 19.7. The molecule has 0 amide bonds. The maximum atomic E-state index is 12.8. The van der Waals surface area contributed by atoms with E-state index in [0.29, 0.717) is 52.4 Å². The van der Waals surface area contributed by atoms with Crippen LogP contribution >= 0.6 is 0 Å². The quantitative estimate of drug-likeness (QED) is 0.222. The number of hydrogen-bond acceptors (Lipinski definition) is 13. The molecule has 1 rings (SSSR count). The van der Waals surface area contributed by atoms with Crippen LogP contribution in [-0.2, 0) is 28.6 Å². The standard InChI is InChI=1S/C30H58N4O9/c1-28(2,3)41-25(38)18-31-10-12-32(19-26(39)42-29(4,5)6)14-16-34(23(21-35)24(37)22-36)17-15-33(13-11-31)20-27(40)43-30(7,8)9/h23-24,35-37H,10-22H2,1-9H3/t23-,24-/m1/s1. The molecule has 43 heavy (non-hydrogen) atoms. The van der Waals surface area contributed by atoms with Gasteiger partial charge in [-0.15, -0.1) is 0 Å². The number of hydrogen-bond donors (Lipinski definition) is 3. The number of ether oxygens (including phenoxy) is 3.